The fourth-order valence-electron chi connectivity index (χ4n) is 2.82. The van der Waals surface area contributed by atoms with E-state index in [-0.39, 0.29) is 11.8 Å². The SMILES string of the molecule is CCOC(=O)C(NC1CCCCC1)c1ccc(C)c(F)c1. The maximum absolute atomic E-state index is 13.8. The Morgan fingerprint density at radius 3 is 2.71 bits per heavy atom. The molecule has 1 atom stereocenters. The first-order chi connectivity index (χ1) is 10.1. The lowest BCUT2D eigenvalue weighted by Gasteiger charge is -2.27. The van der Waals surface area contributed by atoms with Crippen LogP contribution in [-0.4, -0.2) is 18.6 Å². The van der Waals surface area contributed by atoms with Crippen LogP contribution in [0.25, 0.3) is 0 Å². The lowest BCUT2D eigenvalue weighted by atomic mass is 9.94. The molecule has 0 aromatic heterocycles. The Morgan fingerprint density at radius 1 is 1.38 bits per heavy atom. The van der Waals surface area contributed by atoms with E-state index in [0.29, 0.717) is 23.8 Å². The molecule has 1 aromatic carbocycles. The largest absolute Gasteiger partial charge is 0.465 e. The molecule has 0 spiro atoms. The molecular weight excluding hydrogens is 269 g/mol. The Bertz CT molecular complexity index is 484. The quantitative estimate of drug-likeness (QED) is 0.842. The molecule has 0 bridgehead atoms. The van der Waals surface area contributed by atoms with Crippen LogP contribution in [0.1, 0.15) is 56.2 Å². The van der Waals surface area contributed by atoms with Gasteiger partial charge in [-0.1, -0.05) is 31.4 Å². The van der Waals surface area contributed by atoms with Crippen molar-refractivity contribution >= 4 is 5.97 Å². The molecule has 2 rings (SSSR count). The molecule has 0 aliphatic heterocycles. The maximum atomic E-state index is 13.8. The highest BCUT2D eigenvalue weighted by Gasteiger charge is 2.26. The first kappa shape index (κ1) is 16.0. The molecule has 0 saturated heterocycles. The van der Waals surface area contributed by atoms with Crippen molar-refractivity contribution in [3.8, 4) is 0 Å². The van der Waals surface area contributed by atoms with Crippen molar-refractivity contribution in [3.63, 3.8) is 0 Å². The fourth-order valence-corrected chi connectivity index (χ4v) is 2.82. The van der Waals surface area contributed by atoms with Crippen LogP contribution < -0.4 is 5.32 Å². The number of carbonyl (C=O) groups excluding carboxylic acids is 1. The van der Waals surface area contributed by atoms with Gasteiger partial charge in [0.25, 0.3) is 0 Å². The molecule has 1 saturated carbocycles. The normalized spacial score (nSPS) is 17.5. The van der Waals surface area contributed by atoms with E-state index in [1.807, 2.05) is 0 Å². The Labute approximate surface area is 125 Å². The highest BCUT2D eigenvalue weighted by Crippen LogP contribution is 2.23. The first-order valence-corrected chi connectivity index (χ1v) is 7.80. The second kappa shape index (κ2) is 7.55. The van der Waals surface area contributed by atoms with E-state index < -0.39 is 6.04 Å². The molecule has 1 aliphatic carbocycles. The van der Waals surface area contributed by atoms with Gasteiger partial charge in [0.15, 0.2) is 0 Å². The predicted molar refractivity (Wildman–Crippen MR) is 80.5 cm³/mol. The Kier molecular flexibility index (Phi) is 5.74. The number of esters is 1. The Hall–Kier alpha value is -1.42. The number of hydrogen-bond acceptors (Lipinski definition) is 3. The summed E-state index contributed by atoms with van der Waals surface area (Å²) in [5, 5.41) is 3.36. The summed E-state index contributed by atoms with van der Waals surface area (Å²) in [5.41, 5.74) is 1.22. The summed E-state index contributed by atoms with van der Waals surface area (Å²) in [7, 11) is 0. The minimum Gasteiger partial charge on any atom is -0.465 e. The maximum Gasteiger partial charge on any atom is 0.327 e. The lowest BCUT2D eigenvalue weighted by Crippen LogP contribution is -2.39. The van der Waals surface area contributed by atoms with Gasteiger partial charge in [-0.15, -0.1) is 0 Å². The highest BCUT2D eigenvalue weighted by molar-refractivity contribution is 5.77. The molecule has 4 heteroatoms. The van der Waals surface area contributed by atoms with E-state index in [1.54, 1.807) is 26.0 Å². The van der Waals surface area contributed by atoms with Crippen molar-refractivity contribution in [1.29, 1.82) is 0 Å². The van der Waals surface area contributed by atoms with Crippen LogP contribution in [-0.2, 0) is 9.53 Å². The average Bonchev–Trinajstić information content (AvgIpc) is 2.49. The fraction of sp³-hybridized carbons (Fsp3) is 0.588. The summed E-state index contributed by atoms with van der Waals surface area (Å²) in [5.74, 6) is -0.612. The van der Waals surface area contributed by atoms with Crippen LogP contribution in [0.3, 0.4) is 0 Å². The Morgan fingerprint density at radius 2 is 2.10 bits per heavy atom. The zero-order chi connectivity index (χ0) is 15.2. The van der Waals surface area contributed by atoms with E-state index in [4.69, 9.17) is 4.74 Å². The molecule has 3 nitrogen and oxygen atoms in total. The third kappa shape index (κ3) is 4.27. The summed E-state index contributed by atoms with van der Waals surface area (Å²) in [4.78, 5) is 12.2. The zero-order valence-corrected chi connectivity index (χ0v) is 12.8. The smallest absolute Gasteiger partial charge is 0.327 e. The van der Waals surface area contributed by atoms with Gasteiger partial charge in [0.2, 0.25) is 0 Å². The van der Waals surface area contributed by atoms with Gasteiger partial charge in [-0.3, -0.25) is 5.32 Å². The molecule has 0 radical (unpaired) electrons. The molecule has 1 N–H and O–H groups in total. The minimum absolute atomic E-state index is 0.285. The van der Waals surface area contributed by atoms with Crippen LogP contribution in [0.2, 0.25) is 0 Å². The predicted octanol–water partition coefficient (Wildman–Crippen LogP) is 3.66. The molecule has 1 aliphatic rings. The Balaban J connectivity index is 2.17. The second-order valence-electron chi connectivity index (χ2n) is 5.70. The lowest BCUT2D eigenvalue weighted by molar-refractivity contribution is -0.146. The highest BCUT2D eigenvalue weighted by atomic mass is 19.1. The molecule has 1 fully saturated rings. The topological polar surface area (TPSA) is 38.3 Å². The van der Waals surface area contributed by atoms with Gasteiger partial charge in [-0.05, 0) is 43.9 Å². The third-order valence-corrected chi connectivity index (χ3v) is 4.06. The van der Waals surface area contributed by atoms with Crippen LogP contribution in [0, 0.1) is 12.7 Å². The zero-order valence-electron chi connectivity index (χ0n) is 12.8. The molecule has 21 heavy (non-hydrogen) atoms. The van der Waals surface area contributed by atoms with Gasteiger partial charge >= 0.3 is 5.97 Å². The van der Waals surface area contributed by atoms with Crippen molar-refractivity contribution < 1.29 is 13.9 Å². The van der Waals surface area contributed by atoms with Crippen molar-refractivity contribution in [2.75, 3.05) is 6.61 Å². The van der Waals surface area contributed by atoms with Crippen molar-refractivity contribution in [2.45, 2.75) is 58.0 Å². The van der Waals surface area contributed by atoms with Crippen molar-refractivity contribution in [2.24, 2.45) is 0 Å². The summed E-state index contributed by atoms with van der Waals surface area (Å²) < 4.78 is 18.9. The molecule has 1 aromatic rings. The minimum atomic E-state index is -0.580. The number of benzene rings is 1. The van der Waals surface area contributed by atoms with Crippen LogP contribution >= 0.6 is 0 Å². The summed E-state index contributed by atoms with van der Waals surface area (Å²) in [6.07, 6.45) is 5.72. The van der Waals surface area contributed by atoms with Gasteiger partial charge < -0.3 is 4.74 Å². The number of rotatable bonds is 5. The van der Waals surface area contributed by atoms with E-state index in [9.17, 15) is 9.18 Å². The van der Waals surface area contributed by atoms with Gasteiger partial charge in [0.1, 0.15) is 11.9 Å². The number of aryl methyl sites for hydroxylation is 1. The van der Waals surface area contributed by atoms with Gasteiger partial charge in [0.05, 0.1) is 6.61 Å². The van der Waals surface area contributed by atoms with Gasteiger partial charge in [0, 0.05) is 6.04 Å². The van der Waals surface area contributed by atoms with E-state index in [2.05, 4.69) is 5.32 Å². The summed E-state index contributed by atoms with van der Waals surface area (Å²) in [6, 6.07) is 4.67. The van der Waals surface area contributed by atoms with Crippen molar-refractivity contribution in [1.82, 2.24) is 5.32 Å². The number of halogens is 1. The van der Waals surface area contributed by atoms with Crippen molar-refractivity contribution in [3.05, 3.63) is 35.1 Å². The monoisotopic (exact) mass is 293 g/mol. The molecule has 0 heterocycles. The number of nitrogens with one attached hydrogen (secondary N) is 1. The summed E-state index contributed by atoms with van der Waals surface area (Å²) in [6.45, 7) is 3.83. The number of hydrogen-bond donors (Lipinski definition) is 1. The number of carbonyl (C=O) groups is 1. The molecule has 1 unspecified atom stereocenters. The van der Waals surface area contributed by atoms with Gasteiger partial charge in [-0.2, -0.15) is 0 Å². The number of ether oxygens (including phenoxy) is 1. The van der Waals surface area contributed by atoms with Crippen LogP contribution in [0.4, 0.5) is 4.39 Å². The molecular formula is C17H24FNO2. The van der Waals surface area contributed by atoms with E-state index in [1.165, 1.54) is 25.3 Å². The third-order valence-electron chi connectivity index (χ3n) is 4.06. The van der Waals surface area contributed by atoms with Gasteiger partial charge in [-0.25, -0.2) is 9.18 Å². The van der Waals surface area contributed by atoms with E-state index >= 15 is 0 Å². The molecule has 116 valence electrons. The summed E-state index contributed by atoms with van der Waals surface area (Å²) >= 11 is 0. The average molecular weight is 293 g/mol. The van der Waals surface area contributed by atoms with E-state index in [0.717, 1.165) is 12.8 Å². The first-order valence-electron chi connectivity index (χ1n) is 7.80. The standard InChI is InChI=1S/C17H24FNO2/c1-3-21-17(20)16(19-14-7-5-4-6-8-14)13-10-9-12(2)15(18)11-13/h9-11,14,16,19H,3-8H2,1-2H3. The van der Waals surface area contributed by atoms with Crippen LogP contribution in [0.5, 0.6) is 0 Å². The van der Waals surface area contributed by atoms with Crippen LogP contribution in [0.15, 0.2) is 18.2 Å². The molecule has 0 amide bonds. The second-order valence-corrected chi connectivity index (χ2v) is 5.70.